The summed E-state index contributed by atoms with van der Waals surface area (Å²) in [5.41, 5.74) is 4.49. The maximum absolute atomic E-state index is 12.6. The maximum Gasteiger partial charge on any atom is 0.407 e. The maximum atomic E-state index is 12.6. The average Bonchev–Trinajstić information content (AvgIpc) is 3.57. The molecular weight excluding hydrogens is 424 g/mol. The number of carboxylic acid groups (broad SMARTS) is 1. The quantitative estimate of drug-likeness (QED) is 0.439. The molecule has 1 fully saturated rings. The molecule has 1 unspecified atom stereocenters. The Labute approximate surface area is 192 Å². The van der Waals surface area contributed by atoms with E-state index in [1.807, 2.05) is 36.4 Å². The van der Waals surface area contributed by atoms with E-state index >= 15 is 0 Å². The van der Waals surface area contributed by atoms with E-state index in [0.717, 1.165) is 35.1 Å². The lowest BCUT2D eigenvalue weighted by molar-refractivity contribution is -0.147. The van der Waals surface area contributed by atoms with Crippen molar-refractivity contribution in [3.8, 4) is 11.1 Å². The van der Waals surface area contributed by atoms with Gasteiger partial charge in [-0.1, -0.05) is 61.4 Å². The molecule has 8 heteroatoms. The number of benzene rings is 2. The van der Waals surface area contributed by atoms with E-state index in [-0.39, 0.29) is 25.5 Å². The second-order valence-electron chi connectivity index (χ2n) is 8.64. The van der Waals surface area contributed by atoms with Gasteiger partial charge in [0.05, 0.1) is 0 Å². The molecule has 8 nitrogen and oxygen atoms in total. The molecule has 2 aromatic rings. The Balaban J connectivity index is 1.34. The van der Waals surface area contributed by atoms with Crippen LogP contribution in [0.25, 0.3) is 11.1 Å². The van der Waals surface area contributed by atoms with Crippen LogP contribution in [-0.2, 0) is 14.3 Å². The van der Waals surface area contributed by atoms with Crippen molar-refractivity contribution in [1.29, 1.82) is 0 Å². The lowest BCUT2D eigenvalue weighted by atomic mass is 9.98. The predicted octanol–water partition coefficient (Wildman–Crippen LogP) is 2.65. The predicted molar refractivity (Wildman–Crippen MR) is 121 cm³/mol. The van der Waals surface area contributed by atoms with Crippen LogP contribution in [0.5, 0.6) is 0 Å². The number of carboxylic acids is 1. The molecule has 0 saturated heterocycles. The van der Waals surface area contributed by atoms with Crippen LogP contribution in [0.15, 0.2) is 48.5 Å². The van der Waals surface area contributed by atoms with Crippen LogP contribution in [0, 0.1) is 5.92 Å². The number of aliphatic carboxylic acids is 1. The van der Waals surface area contributed by atoms with Gasteiger partial charge in [-0.2, -0.15) is 0 Å². The van der Waals surface area contributed by atoms with E-state index in [9.17, 15) is 19.5 Å². The summed E-state index contributed by atoms with van der Waals surface area (Å²) >= 11 is 0. The standard InChI is InChI=1S/C25H28N2O6/c28-22(24(30)31)11-12-26-23(29)21(13-15-9-10-15)27-25(32)33-14-20-18-7-3-1-5-16(18)17-6-2-4-8-19(17)20/h1-8,15,20-22,28H,9-14H2,(H,26,29)(H,27,32)(H,30,31)/t21-,22?/m0/s1. The van der Waals surface area contributed by atoms with Gasteiger partial charge in [0.1, 0.15) is 12.6 Å². The van der Waals surface area contributed by atoms with E-state index in [2.05, 4.69) is 22.8 Å². The van der Waals surface area contributed by atoms with Crippen molar-refractivity contribution in [2.24, 2.45) is 5.92 Å². The first-order chi connectivity index (χ1) is 15.9. The molecule has 2 aromatic carbocycles. The Morgan fingerprint density at radius 2 is 1.61 bits per heavy atom. The summed E-state index contributed by atoms with van der Waals surface area (Å²) in [6, 6.07) is 15.3. The second kappa shape index (κ2) is 10.0. The molecule has 2 amide bonds. The number of rotatable bonds is 10. The number of carbonyl (C=O) groups is 3. The number of aliphatic hydroxyl groups excluding tert-OH is 1. The van der Waals surface area contributed by atoms with Gasteiger partial charge in [-0.15, -0.1) is 0 Å². The molecule has 0 spiro atoms. The van der Waals surface area contributed by atoms with Crippen molar-refractivity contribution in [2.75, 3.05) is 13.2 Å². The highest BCUT2D eigenvalue weighted by atomic mass is 16.5. The SMILES string of the molecule is O=C(N[C@@H](CC1CC1)C(=O)NCCC(O)C(=O)O)OCC1c2ccccc2-c2ccccc21. The Bertz CT molecular complexity index is 990. The number of nitrogens with one attached hydrogen (secondary N) is 2. The van der Waals surface area contributed by atoms with Gasteiger partial charge in [0.15, 0.2) is 6.10 Å². The first-order valence-electron chi connectivity index (χ1n) is 11.2. The molecule has 4 rings (SSSR count). The van der Waals surface area contributed by atoms with Gasteiger partial charge < -0.3 is 25.6 Å². The van der Waals surface area contributed by atoms with Gasteiger partial charge in [-0.25, -0.2) is 9.59 Å². The third-order valence-corrected chi connectivity index (χ3v) is 6.22. The van der Waals surface area contributed by atoms with Crippen LogP contribution in [0.3, 0.4) is 0 Å². The van der Waals surface area contributed by atoms with E-state index in [0.29, 0.717) is 12.3 Å². The summed E-state index contributed by atoms with van der Waals surface area (Å²) in [7, 11) is 0. The summed E-state index contributed by atoms with van der Waals surface area (Å²) in [4.78, 5) is 35.9. The number of hydrogen-bond donors (Lipinski definition) is 4. The summed E-state index contributed by atoms with van der Waals surface area (Å²) < 4.78 is 5.55. The normalized spacial score (nSPS) is 16.3. The van der Waals surface area contributed by atoms with Crippen molar-refractivity contribution >= 4 is 18.0 Å². The largest absolute Gasteiger partial charge is 0.479 e. The second-order valence-corrected chi connectivity index (χ2v) is 8.64. The third-order valence-electron chi connectivity index (χ3n) is 6.22. The molecule has 1 saturated carbocycles. The third kappa shape index (κ3) is 5.51. The number of hydrogen-bond acceptors (Lipinski definition) is 5. The van der Waals surface area contributed by atoms with Gasteiger partial charge in [-0.3, -0.25) is 4.79 Å². The minimum atomic E-state index is -1.54. The van der Waals surface area contributed by atoms with E-state index < -0.39 is 30.1 Å². The van der Waals surface area contributed by atoms with Crippen LogP contribution in [-0.4, -0.2) is 53.5 Å². The van der Waals surface area contributed by atoms with Crippen molar-refractivity contribution in [1.82, 2.24) is 10.6 Å². The fourth-order valence-electron chi connectivity index (χ4n) is 4.28. The van der Waals surface area contributed by atoms with Crippen LogP contribution >= 0.6 is 0 Å². The highest BCUT2D eigenvalue weighted by Gasteiger charge is 2.32. The van der Waals surface area contributed by atoms with Crippen molar-refractivity contribution in [2.45, 2.75) is 43.7 Å². The topological polar surface area (TPSA) is 125 Å². The number of fused-ring (bicyclic) bond motifs is 3. The zero-order chi connectivity index (χ0) is 23.4. The van der Waals surface area contributed by atoms with Crippen LogP contribution in [0.4, 0.5) is 4.79 Å². The van der Waals surface area contributed by atoms with Crippen molar-refractivity contribution < 1.29 is 29.3 Å². The molecule has 0 heterocycles. The molecule has 4 N–H and O–H groups in total. The van der Waals surface area contributed by atoms with Crippen LogP contribution < -0.4 is 10.6 Å². The Hall–Kier alpha value is -3.39. The van der Waals surface area contributed by atoms with Crippen LogP contribution in [0.2, 0.25) is 0 Å². The summed E-state index contributed by atoms with van der Waals surface area (Å²) in [5, 5.41) is 23.4. The minimum Gasteiger partial charge on any atom is -0.479 e. The number of alkyl carbamates (subject to hydrolysis) is 1. The van der Waals surface area contributed by atoms with Crippen molar-refractivity contribution in [3.05, 3.63) is 59.7 Å². The number of aliphatic hydroxyl groups is 1. The summed E-state index contributed by atoms with van der Waals surface area (Å²) in [5.74, 6) is -1.45. The molecule has 0 bridgehead atoms. The highest BCUT2D eigenvalue weighted by Crippen LogP contribution is 2.44. The summed E-state index contributed by atoms with van der Waals surface area (Å²) in [6.07, 6.45) is 0.201. The molecule has 0 radical (unpaired) electrons. The van der Waals surface area contributed by atoms with E-state index in [1.54, 1.807) is 0 Å². The zero-order valence-electron chi connectivity index (χ0n) is 18.2. The first-order valence-corrected chi connectivity index (χ1v) is 11.2. The van der Waals surface area contributed by atoms with Gasteiger partial charge in [0.25, 0.3) is 0 Å². The molecule has 174 valence electrons. The minimum absolute atomic E-state index is 0.000162. The lowest BCUT2D eigenvalue weighted by Crippen LogP contribution is -2.48. The van der Waals surface area contributed by atoms with Crippen LogP contribution in [0.1, 0.15) is 42.7 Å². The molecule has 0 aliphatic heterocycles. The molecule has 2 atom stereocenters. The van der Waals surface area contributed by atoms with Gasteiger partial charge in [0, 0.05) is 18.9 Å². The summed E-state index contributed by atoms with van der Waals surface area (Å²) in [6.45, 7) is 0.155. The molecule has 33 heavy (non-hydrogen) atoms. The van der Waals surface area contributed by atoms with E-state index in [1.165, 1.54) is 0 Å². The monoisotopic (exact) mass is 452 g/mol. The lowest BCUT2D eigenvalue weighted by Gasteiger charge is -2.20. The Morgan fingerprint density at radius 1 is 1.00 bits per heavy atom. The molecule has 0 aromatic heterocycles. The fraction of sp³-hybridized carbons (Fsp3) is 0.400. The number of carbonyl (C=O) groups excluding carboxylic acids is 2. The molecule has 2 aliphatic rings. The number of amides is 2. The van der Waals surface area contributed by atoms with Gasteiger partial charge in [-0.05, 0) is 34.6 Å². The fourth-order valence-corrected chi connectivity index (χ4v) is 4.28. The number of ether oxygens (including phenoxy) is 1. The highest BCUT2D eigenvalue weighted by molar-refractivity contribution is 5.86. The smallest absolute Gasteiger partial charge is 0.407 e. The zero-order valence-corrected chi connectivity index (χ0v) is 18.2. The first kappa shape index (κ1) is 22.8. The van der Waals surface area contributed by atoms with Gasteiger partial charge >= 0.3 is 12.1 Å². The average molecular weight is 453 g/mol. The van der Waals surface area contributed by atoms with Crippen molar-refractivity contribution in [3.63, 3.8) is 0 Å². The Kier molecular flexibility index (Phi) is 6.93. The molecular formula is C25H28N2O6. The Morgan fingerprint density at radius 3 is 2.18 bits per heavy atom. The van der Waals surface area contributed by atoms with E-state index in [4.69, 9.17) is 9.84 Å². The molecule has 2 aliphatic carbocycles. The van der Waals surface area contributed by atoms with Gasteiger partial charge in [0.2, 0.25) is 5.91 Å².